The zero-order chi connectivity index (χ0) is 13.0. The van der Waals surface area contributed by atoms with Gasteiger partial charge in [0.2, 0.25) is 0 Å². The van der Waals surface area contributed by atoms with Crippen molar-refractivity contribution in [2.45, 2.75) is 25.7 Å². The Hall–Kier alpha value is -1.00. The van der Waals surface area contributed by atoms with Crippen LogP contribution < -0.4 is 5.32 Å². The molecule has 0 unspecified atom stereocenters. The van der Waals surface area contributed by atoms with Gasteiger partial charge in [0.1, 0.15) is 11.6 Å². The monoisotopic (exact) mass is 255 g/mol. The first kappa shape index (κ1) is 13.4. The topological polar surface area (TPSA) is 32.3 Å². The second-order valence-electron chi connectivity index (χ2n) is 5.17. The highest BCUT2D eigenvalue weighted by Gasteiger charge is 2.35. The number of benzene rings is 1. The first-order valence-electron chi connectivity index (χ1n) is 6.41. The third-order valence-corrected chi connectivity index (χ3v) is 3.84. The molecule has 1 aromatic carbocycles. The average molecular weight is 255 g/mol. The lowest BCUT2D eigenvalue weighted by Gasteiger charge is -2.40. The minimum Gasteiger partial charge on any atom is -0.396 e. The van der Waals surface area contributed by atoms with Gasteiger partial charge >= 0.3 is 0 Å². The van der Waals surface area contributed by atoms with Crippen LogP contribution >= 0.6 is 0 Å². The molecule has 0 bridgehead atoms. The van der Waals surface area contributed by atoms with Crippen molar-refractivity contribution in [2.75, 3.05) is 19.7 Å². The lowest BCUT2D eigenvalue weighted by atomic mass is 9.69. The molecule has 0 aromatic heterocycles. The van der Waals surface area contributed by atoms with Crippen LogP contribution in [0.4, 0.5) is 8.78 Å². The van der Waals surface area contributed by atoms with Crippen molar-refractivity contribution >= 4 is 0 Å². The third kappa shape index (κ3) is 3.06. The zero-order valence-electron chi connectivity index (χ0n) is 10.4. The molecule has 1 aliphatic carbocycles. The van der Waals surface area contributed by atoms with Gasteiger partial charge in [-0.1, -0.05) is 12.5 Å². The molecule has 4 heteroatoms. The number of hydrogen-bond donors (Lipinski definition) is 2. The van der Waals surface area contributed by atoms with Gasteiger partial charge in [-0.25, -0.2) is 8.78 Å². The van der Waals surface area contributed by atoms with E-state index in [0.717, 1.165) is 25.5 Å². The van der Waals surface area contributed by atoms with E-state index in [4.69, 9.17) is 0 Å². The van der Waals surface area contributed by atoms with E-state index in [0.29, 0.717) is 18.5 Å². The van der Waals surface area contributed by atoms with Crippen LogP contribution in [0.25, 0.3) is 0 Å². The second-order valence-corrected chi connectivity index (χ2v) is 5.17. The molecule has 100 valence electrons. The van der Waals surface area contributed by atoms with E-state index in [1.54, 1.807) is 0 Å². The SMILES string of the molecule is OCC1(CNCCc2ccc(F)cc2F)CCC1. The highest BCUT2D eigenvalue weighted by Crippen LogP contribution is 2.39. The van der Waals surface area contributed by atoms with Crippen LogP contribution in [0.2, 0.25) is 0 Å². The van der Waals surface area contributed by atoms with Crippen molar-refractivity contribution in [3.63, 3.8) is 0 Å². The Bertz CT molecular complexity index is 399. The Morgan fingerprint density at radius 3 is 2.61 bits per heavy atom. The number of halogens is 2. The highest BCUT2D eigenvalue weighted by molar-refractivity contribution is 5.18. The second kappa shape index (κ2) is 5.76. The molecule has 0 heterocycles. The Labute approximate surface area is 106 Å². The molecule has 1 saturated carbocycles. The van der Waals surface area contributed by atoms with Gasteiger partial charge in [0.05, 0.1) is 0 Å². The van der Waals surface area contributed by atoms with E-state index in [9.17, 15) is 13.9 Å². The van der Waals surface area contributed by atoms with E-state index in [-0.39, 0.29) is 12.0 Å². The van der Waals surface area contributed by atoms with Gasteiger partial charge in [0.15, 0.2) is 0 Å². The maximum atomic E-state index is 13.3. The van der Waals surface area contributed by atoms with Gasteiger partial charge in [-0.15, -0.1) is 0 Å². The van der Waals surface area contributed by atoms with Crippen molar-refractivity contribution in [3.8, 4) is 0 Å². The largest absolute Gasteiger partial charge is 0.396 e. The van der Waals surface area contributed by atoms with E-state index < -0.39 is 11.6 Å². The first-order chi connectivity index (χ1) is 8.65. The molecule has 2 rings (SSSR count). The standard InChI is InChI=1S/C14H19F2NO/c15-12-3-2-11(13(16)8-12)4-7-17-9-14(10-18)5-1-6-14/h2-3,8,17-18H,1,4-7,9-10H2. The molecule has 2 nitrogen and oxygen atoms in total. The molecular weight excluding hydrogens is 236 g/mol. The van der Waals surface area contributed by atoms with Crippen LogP contribution in [0.15, 0.2) is 18.2 Å². The van der Waals surface area contributed by atoms with E-state index in [1.165, 1.54) is 18.6 Å². The summed E-state index contributed by atoms with van der Waals surface area (Å²) in [6, 6.07) is 3.67. The number of hydrogen-bond acceptors (Lipinski definition) is 2. The van der Waals surface area contributed by atoms with Crippen molar-refractivity contribution in [1.29, 1.82) is 0 Å². The van der Waals surface area contributed by atoms with E-state index in [1.807, 2.05) is 0 Å². The summed E-state index contributed by atoms with van der Waals surface area (Å²) in [5, 5.41) is 12.5. The summed E-state index contributed by atoms with van der Waals surface area (Å²) in [5.41, 5.74) is 0.567. The number of nitrogens with one attached hydrogen (secondary N) is 1. The number of rotatable bonds is 6. The molecule has 0 aliphatic heterocycles. The van der Waals surface area contributed by atoms with Gasteiger partial charge in [-0.05, 0) is 37.4 Å². The van der Waals surface area contributed by atoms with E-state index in [2.05, 4.69) is 5.32 Å². The van der Waals surface area contributed by atoms with Gasteiger partial charge in [-0.3, -0.25) is 0 Å². The Morgan fingerprint density at radius 1 is 1.28 bits per heavy atom. The molecule has 0 atom stereocenters. The van der Waals surface area contributed by atoms with Crippen LogP contribution in [0.1, 0.15) is 24.8 Å². The third-order valence-electron chi connectivity index (χ3n) is 3.84. The smallest absolute Gasteiger partial charge is 0.129 e. The molecule has 0 amide bonds. The molecular formula is C14H19F2NO. The fourth-order valence-electron chi connectivity index (χ4n) is 2.37. The Balaban J connectivity index is 1.75. The minimum absolute atomic E-state index is 0.0430. The Kier molecular flexibility index (Phi) is 4.30. The summed E-state index contributed by atoms with van der Waals surface area (Å²) >= 11 is 0. The first-order valence-corrected chi connectivity index (χ1v) is 6.41. The summed E-state index contributed by atoms with van der Waals surface area (Å²) in [7, 11) is 0. The Morgan fingerprint density at radius 2 is 2.06 bits per heavy atom. The summed E-state index contributed by atoms with van der Waals surface area (Å²) in [5.74, 6) is -1.03. The van der Waals surface area contributed by atoms with Crippen LogP contribution in [0, 0.1) is 17.0 Å². The predicted octanol–water partition coefficient (Wildman–Crippen LogP) is 2.26. The molecule has 0 spiro atoms. The molecule has 1 aromatic rings. The number of aliphatic hydroxyl groups excluding tert-OH is 1. The fraction of sp³-hybridized carbons (Fsp3) is 0.571. The minimum atomic E-state index is -0.544. The van der Waals surface area contributed by atoms with Crippen LogP contribution in [-0.2, 0) is 6.42 Å². The van der Waals surface area contributed by atoms with Crippen molar-refractivity contribution in [2.24, 2.45) is 5.41 Å². The molecule has 0 saturated heterocycles. The van der Waals surface area contributed by atoms with Crippen LogP contribution in [-0.4, -0.2) is 24.8 Å². The summed E-state index contributed by atoms with van der Waals surface area (Å²) in [6.45, 7) is 1.63. The van der Waals surface area contributed by atoms with Crippen LogP contribution in [0.3, 0.4) is 0 Å². The predicted molar refractivity (Wildman–Crippen MR) is 66.3 cm³/mol. The summed E-state index contributed by atoms with van der Waals surface area (Å²) in [4.78, 5) is 0. The number of aliphatic hydroxyl groups is 1. The summed E-state index contributed by atoms with van der Waals surface area (Å²) in [6.07, 6.45) is 3.82. The van der Waals surface area contributed by atoms with Gasteiger partial charge in [0.25, 0.3) is 0 Å². The fourth-order valence-corrected chi connectivity index (χ4v) is 2.37. The highest BCUT2D eigenvalue weighted by atomic mass is 19.1. The van der Waals surface area contributed by atoms with Crippen molar-refractivity contribution in [1.82, 2.24) is 5.32 Å². The van der Waals surface area contributed by atoms with Gasteiger partial charge in [-0.2, -0.15) is 0 Å². The molecule has 0 radical (unpaired) electrons. The van der Waals surface area contributed by atoms with Gasteiger partial charge < -0.3 is 10.4 Å². The lowest BCUT2D eigenvalue weighted by molar-refractivity contribution is 0.0450. The normalized spacial score (nSPS) is 17.5. The molecule has 1 aliphatic rings. The quantitative estimate of drug-likeness (QED) is 0.764. The molecule has 1 fully saturated rings. The van der Waals surface area contributed by atoms with Crippen molar-refractivity contribution < 1.29 is 13.9 Å². The average Bonchev–Trinajstić information content (AvgIpc) is 2.29. The maximum absolute atomic E-state index is 13.3. The van der Waals surface area contributed by atoms with Crippen LogP contribution in [0.5, 0.6) is 0 Å². The molecule has 2 N–H and O–H groups in total. The zero-order valence-corrected chi connectivity index (χ0v) is 10.4. The maximum Gasteiger partial charge on any atom is 0.129 e. The van der Waals surface area contributed by atoms with E-state index >= 15 is 0 Å². The summed E-state index contributed by atoms with van der Waals surface area (Å²) < 4.78 is 26.1. The van der Waals surface area contributed by atoms with Gasteiger partial charge in [0, 0.05) is 24.6 Å². The lowest BCUT2D eigenvalue weighted by Crippen LogP contribution is -2.43. The molecule has 18 heavy (non-hydrogen) atoms. The van der Waals surface area contributed by atoms with Crippen molar-refractivity contribution in [3.05, 3.63) is 35.4 Å².